The number of ether oxygens (including phenoxy) is 1. The molecule has 2 atom stereocenters. The fraction of sp³-hybridized carbons (Fsp3) is 0.600. The second-order valence-electron chi connectivity index (χ2n) is 9.60. The molecule has 0 fully saturated rings. The highest BCUT2D eigenvalue weighted by atomic mass is 16.5. The van der Waals surface area contributed by atoms with Crippen molar-refractivity contribution in [2.75, 3.05) is 20.3 Å². The Balaban J connectivity index is 2.14. The van der Waals surface area contributed by atoms with Gasteiger partial charge in [-0.05, 0) is 41.5 Å². The Morgan fingerprint density at radius 3 is 2.28 bits per heavy atom. The summed E-state index contributed by atoms with van der Waals surface area (Å²) in [5, 5.41) is 10.3. The number of hydrogen-bond acceptors (Lipinski definition) is 3. The highest BCUT2D eigenvalue weighted by molar-refractivity contribution is 5.28. The lowest BCUT2D eigenvalue weighted by atomic mass is 9.87. The second-order valence-corrected chi connectivity index (χ2v) is 9.60. The first-order valence-electron chi connectivity index (χ1n) is 10.8. The highest BCUT2D eigenvalue weighted by Gasteiger charge is 2.21. The van der Waals surface area contributed by atoms with Crippen LogP contribution in [0.2, 0.25) is 0 Å². The van der Waals surface area contributed by atoms with Crippen molar-refractivity contribution in [2.45, 2.75) is 72.2 Å². The van der Waals surface area contributed by atoms with Crippen LogP contribution in [0.3, 0.4) is 0 Å². The number of methoxy groups -OCH3 is 1. The Kier molecular flexibility index (Phi) is 8.50. The molecule has 2 aromatic rings. The number of aliphatic hydroxyl groups is 1. The van der Waals surface area contributed by atoms with Gasteiger partial charge in [0.15, 0.2) is 0 Å². The van der Waals surface area contributed by atoms with E-state index in [1.54, 1.807) is 7.11 Å². The summed E-state index contributed by atoms with van der Waals surface area (Å²) in [6, 6.07) is 13.6. The fourth-order valence-electron chi connectivity index (χ4n) is 3.57. The predicted molar refractivity (Wildman–Crippen MR) is 121 cm³/mol. The minimum Gasteiger partial charge on any atom is -0.389 e. The van der Waals surface area contributed by atoms with Crippen LogP contribution in [0, 0.1) is 5.92 Å². The van der Waals surface area contributed by atoms with Gasteiger partial charge in [0.05, 0.1) is 12.7 Å². The van der Waals surface area contributed by atoms with Gasteiger partial charge in [-0.25, -0.2) is 0 Å². The van der Waals surface area contributed by atoms with Crippen LogP contribution < -0.4 is 0 Å². The monoisotopic (exact) mass is 400 g/mol. The van der Waals surface area contributed by atoms with E-state index in [4.69, 9.17) is 4.74 Å². The molecule has 2 rings (SSSR count). The van der Waals surface area contributed by atoms with E-state index in [1.165, 1.54) is 16.8 Å². The van der Waals surface area contributed by atoms with E-state index >= 15 is 0 Å². The van der Waals surface area contributed by atoms with Crippen molar-refractivity contribution in [2.24, 2.45) is 5.92 Å². The lowest BCUT2D eigenvalue weighted by Gasteiger charge is -2.33. The average molecular weight is 401 g/mol. The summed E-state index contributed by atoms with van der Waals surface area (Å²) >= 11 is 0. The molecule has 0 amide bonds. The number of aliphatic hydroxyl groups excluding tert-OH is 1. The molecule has 1 aromatic heterocycles. The van der Waals surface area contributed by atoms with E-state index in [0.29, 0.717) is 25.1 Å². The van der Waals surface area contributed by atoms with Crippen LogP contribution in [0.15, 0.2) is 42.6 Å². The molecule has 1 heterocycles. The zero-order valence-corrected chi connectivity index (χ0v) is 19.4. The maximum absolute atomic E-state index is 10.3. The van der Waals surface area contributed by atoms with Gasteiger partial charge in [-0.1, -0.05) is 58.9 Å². The van der Waals surface area contributed by atoms with Gasteiger partial charge in [-0.2, -0.15) is 0 Å². The van der Waals surface area contributed by atoms with Gasteiger partial charge < -0.3 is 14.4 Å². The number of aromatic nitrogens is 1. The van der Waals surface area contributed by atoms with Crippen molar-refractivity contribution in [1.82, 2.24) is 9.47 Å². The fourth-order valence-corrected chi connectivity index (χ4v) is 3.57. The Labute approximate surface area is 177 Å². The third kappa shape index (κ3) is 6.98. The summed E-state index contributed by atoms with van der Waals surface area (Å²) in [6.07, 6.45) is 1.67. The predicted octanol–water partition coefficient (Wildman–Crippen LogP) is 4.69. The number of benzene rings is 1. The highest BCUT2D eigenvalue weighted by Crippen LogP contribution is 2.23. The first-order valence-corrected chi connectivity index (χ1v) is 10.8. The van der Waals surface area contributed by atoms with Crippen LogP contribution >= 0.6 is 0 Å². The van der Waals surface area contributed by atoms with Crippen molar-refractivity contribution in [3.8, 4) is 0 Å². The normalized spacial score (nSPS) is 14.6. The SMILES string of the molecule is COC[C@H](O)CN(Cc1cccn1Cc1ccc(C(C)(C)C)cc1)[C@@H](C)C(C)C. The third-order valence-corrected chi connectivity index (χ3v) is 5.81. The van der Waals surface area contributed by atoms with E-state index in [2.05, 4.69) is 93.6 Å². The Morgan fingerprint density at radius 1 is 1.07 bits per heavy atom. The van der Waals surface area contributed by atoms with Crippen molar-refractivity contribution >= 4 is 0 Å². The van der Waals surface area contributed by atoms with Crippen LogP contribution in [0.4, 0.5) is 0 Å². The molecule has 4 heteroatoms. The largest absolute Gasteiger partial charge is 0.389 e. The minimum absolute atomic E-state index is 0.174. The third-order valence-electron chi connectivity index (χ3n) is 5.81. The minimum atomic E-state index is -0.477. The van der Waals surface area contributed by atoms with E-state index < -0.39 is 6.10 Å². The van der Waals surface area contributed by atoms with Crippen LogP contribution in [-0.2, 0) is 23.2 Å². The van der Waals surface area contributed by atoms with E-state index in [9.17, 15) is 5.11 Å². The molecule has 29 heavy (non-hydrogen) atoms. The average Bonchev–Trinajstić information content (AvgIpc) is 3.07. The zero-order chi connectivity index (χ0) is 21.6. The molecule has 1 N–H and O–H groups in total. The van der Waals surface area contributed by atoms with Crippen LogP contribution in [0.25, 0.3) is 0 Å². The molecule has 162 valence electrons. The lowest BCUT2D eigenvalue weighted by Crippen LogP contribution is -2.42. The van der Waals surface area contributed by atoms with Crippen LogP contribution in [0.1, 0.15) is 58.4 Å². The van der Waals surface area contributed by atoms with Gasteiger partial charge in [0.1, 0.15) is 0 Å². The van der Waals surface area contributed by atoms with E-state index in [1.807, 2.05) is 0 Å². The topological polar surface area (TPSA) is 37.6 Å². The first-order chi connectivity index (χ1) is 13.6. The Hall–Kier alpha value is -1.62. The molecule has 1 aromatic carbocycles. The van der Waals surface area contributed by atoms with Gasteiger partial charge >= 0.3 is 0 Å². The molecule has 0 saturated heterocycles. The van der Waals surface area contributed by atoms with Crippen molar-refractivity contribution in [3.63, 3.8) is 0 Å². The van der Waals surface area contributed by atoms with Crippen molar-refractivity contribution in [3.05, 3.63) is 59.4 Å². The van der Waals surface area contributed by atoms with Crippen molar-refractivity contribution in [1.29, 1.82) is 0 Å². The quantitative estimate of drug-likeness (QED) is 0.629. The maximum atomic E-state index is 10.3. The van der Waals surface area contributed by atoms with Gasteiger partial charge in [-0.15, -0.1) is 0 Å². The van der Waals surface area contributed by atoms with Gasteiger partial charge in [0, 0.05) is 44.7 Å². The molecule has 0 aliphatic rings. The molecule has 0 spiro atoms. The molecular weight excluding hydrogens is 360 g/mol. The maximum Gasteiger partial charge on any atom is 0.0900 e. The van der Waals surface area contributed by atoms with Gasteiger partial charge in [0.25, 0.3) is 0 Å². The molecule has 4 nitrogen and oxygen atoms in total. The first kappa shape index (κ1) is 23.7. The molecular formula is C25H40N2O2. The summed E-state index contributed by atoms with van der Waals surface area (Å²) in [7, 11) is 1.63. The smallest absolute Gasteiger partial charge is 0.0900 e. The lowest BCUT2D eigenvalue weighted by molar-refractivity contribution is 0.0191. The van der Waals surface area contributed by atoms with Gasteiger partial charge in [-0.3, -0.25) is 4.90 Å². The number of nitrogens with zero attached hydrogens (tertiary/aromatic N) is 2. The summed E-state index contributed by atoms with van der Waals surface area (Å²) in [5.41, 5.74) is 4.10. The molecule has 0 aliphatic carbocycles. The number of hydrogen-bond donors (Lipinski definition) is 1. The standard InChI is InChI=1S/C25H40N2O2/c1-19(2)20(3)27(17-24(28)18-29-7)16-23-9-8-14-26(23)15-21-10-12-22(13-11-21)25(4,5)6/h8-14,19-20,24,28H,15-18H2,1-7H3/t20-,24+/m0/s1. The van der Waals surface area contributed by atoms with Crippen LogP contribution in [-0.4, -0.2) is 47.0 Å². The molecule has 0 bridgehead atoms. The summed E-state index contributed by atoms with van der Waals surface area (Å²) in [4.78, 5) is 2.36. The van der Waals surface area contributed by atoms with Crippen LogP contribution in [0.5, 0.6) is 0 Å². The molecule has 0 unspecified atom stereocenters. The number of rotatable bonds is 10. The molecule has 0 radical (unpaired) electrons. The van der Waals surface area contributed by atoms with E-state index in [-0.39, 0.29) is 5.41 Å². The van der Waals surface area contributed by atoms with E-state index in [0.717, 1.165) is 13.1 Å². The Morgan fingerprint density at radius 2 is 1.72 bits per heavy atom. The summed E-state index contributed by atoms with van der Waals surface area (Å²) in [5.74, 6) is 0.512. The molecule has 0 aliphatic heterocycles. The summed E-state index contributed by atoms with van der Waals surface area (Å²) in [6.45, 7) is 16.1. The zero-order valence-electron chi connectivity index (χ0n) is 19.4. The van der Waals surface area contributed by atoms with Gasteiger partial charge in [0.2, 0.25) is 0 Å². The Bertz CT molecular complexity index is 728. The molecule has 0 saturated carbocycles. The second kappa shape index (κ2) is 10.4. The van der Waals surface area contributed by atoms with Crippen molar-refractivity contribution < 1.29 is 9.84 Å². The summed E-state index contributed by atoms with van der Waals surface area (Å²) < 4.78 is 7.45.